The van der Waals surface area contributed by atoms with Crippen molar-refractivity contribution >= 4 is 11.0 Å². The van der Waals surface area contributed by atoms with Gasteiger partial charge < -0.3 is 14.3 Å². The predicted molar refractivity (Wildman–Crippen MR) is 81.0 cm³/mol. The van der Waals surface area contributed by atoms with Gasteiger partial charge in [-0.2, -0.15) is 0 Å². The molecule has 7 nitrogen and oxygen atoms in total. The van der Waals surface area contributed by atoms with E-state index in [4.69, 9.17) is 4.74 Å². The van der Waals surface area contributed by atoms with Crippen molar-refractivity contribution in [1.82, 2.24) is 29.6 Å². The lowest BCUT2D eigenvalue weighted by Crippen LogP contribution is -2.38. The smallest absolute Gasteiger partial charge is 0.163 e. The molecule has 0 aliphatic carbocycles. The van der Waals surface area contributed by atoms with Crippen LogP contribution in [0.2, 0.25) is 0 Å². The molecule has 0 radical (unpaired) electrons. The molecule has 1 atom stereocenters. The summed E-state index contributed by atoms with van der Waals surface area (Å²) in [5.41, 5.74) is 1.11. The Labute approximate surface area is 132 Å². The summed E-state index contributed by atoms with van der Waals surface area (Å²) in [6, 6.07) is 4.93. The lowest BCUT2D eigenvalue weighted by molar-refractivity contribution is -0.0391. The fraction of sp³-hybridized carbons (Fsp3) is 0.400. The number of ether oxygens (including phenoxy) is 1. The van der Waals surface area contributed by atoms with E-state index in [0.717, 1.165) is 23.7 Å². The summed E-state index contributed by atoms with van der Waals surface area (Å²) in [4.78, 5) is 9.76. The van der Waals surface area contributed by atoms with Crippen LogP contribution in [0.25, 0.3) is 11.0 Å². The molecule has 23 heavy (non-hydrogen) atoms. The Morgan fingerprint density at radius 2 is 2.35 bits per heavy atom. The van der Waals surface area contributed by atoms with E-state index in [9.17, 15) is 4.39 Å². The largest absolute Gasteiger partial charge is 0.368 e. The fourth-order valence-corrected chi connectivity index (χ4v) is 2.92. The molecule has 3 aromatic rings. The lowest BCUT2D eigenvalue weighted by Gasteiger charge is -2.31. The SMILES string of the molecule is Cn1cnnc1[C@H]1CN(Cc2nc3c(F)cccc3[nH]2)CCO1. The number of benzene rings is 1. The number of morpholine rings is 1. The highest BCUT2D eigenvalue weighted by molar-refractivity contribution is 5.75. The minimum absolute atomic E-state index is 0.114. The zero-order valence-electron chi connectivity index (χ0n) is 12.7. The van der Waals surface area contributed by atoms with Crippen molar-refractivity contribution in [2.24, 2.45) is 7.05 Å². The van der Waals surface area contributed by atoms with Gasteiger partial charge in [-0.1, -0.05) is 6.07 Å². The van der Waals surface area contributed by atoms with Crippen molar-refractivity contribution in [1.29, 1.82) is 0 Å². The molecule has 0 unspecified atom stereocenters. The summed E-state index contributed by atoms with van der Waals surface area (Å²) < 4.78 is 21.4. The number of rotatable bonds is 3. The van der Waals surface area contributed by atoms with Gasteiger partial charge in [-0.15, -0.1) is 10.2 Å². The second-order valence-electron chi connectivity index (χ2n) is 5.71. The number of nitrogens with one attached hydrogen (secondary N) is 1. The van der Waals surface area contributed by atoms with Gasteiger partial charge in [0.15, 0.2) is 11.6 Å². The molecule has 0 amide bonds. The van der Waals surface area contributed by atoms with E-state index >= 15 is 0 Å². The molecule has 2 aromatic heterocycles. The van der Waals surface area contributed by atoms with Gasteiger partial charge in [0.25, 0.3) is 0 Å². The van der Waals surface area contributed by atoms with Gasteiger partial charge in [0, 0.05) is 20.1 Å². The number of hydrogen-bond acceptors (Lipinski definition) is 5. The number of halogens is 1. The summed E-state index contributed by atoms with van der Waals surface area (Å²) in [5.74, 6) is 1.26. The fourth-order valence-electron chi connectivity index (χ4n) is 2.92. The van der Waals surface area contributed by atoms with Crippen LogP contribution in [0.5, 0.6) is 0 Å². The quantitative estimate of drug-likeness (QED) is 0.791. The molecule has 1 aromatic carbocycles. The van der Waals surface area contributed by atoms with Crippen molar-refractivity contribution in [3.63, 3.8) is 0 Å². The van der Waals surface area contributed by atoms with E-state index in [-0.39, 0.29) is 11.9 Å². The molecule has 1 aliphatic rings. The highest BCUT2D eigenvalue weighted by Gasteiger charge is 2.26. The van der Waals surface area contributed by atoms with E-state index in [0.29, 0.717) is 25.2 Å². The Bertz CT molecular complexity index is 828. The van der Waals surface area contributed by atoms with Gasteiger partial charge in [0.1, 0.15) is 23.8 Å². The number of H-pyrrole nitrogens is 1. The molecule has 0 saturated carbocycles. The number of aromatic nitrogens is 5. The van der Waals surface area contributed by atoms with E-state index in [1.165, 1.54) is 6.07 Å². The zero-order valence-corrected chi connectivity index (χ0v) is 12.7. The molecule has 1 N–H and O–H groups in total. The lowest BCUT2D eigenvalue weighted by atomic mass is 10.2. The van der Waals surface area contributed by atoms with E-state index in [1.54, 1.807) is 12.4 Å². The van der Waals surface area contributed by atoms with Crippen LogP contribution in [-0.4, -0.2) is 49.3 Å². The molecule has 0 bridgehead atoms. The van der Waals surface area contributed by atoms with Gasteiger partial charge in [-0.25, -0.2) is 9.37 Å². The minimum atomic E-state index is -0.302. The maximum Gasteiger partial charge on any atom is 0.163 e. The number of imidazole rings is 1. The second kappa shape index (κ2) is 5.71. The van der Waals surface area contributed by atoms with Gasteiger partial charge in [-0.3, -0.25) is 4.90 Å². The normalized spacial score (nSPS) is 19.5. The van der Waals surface area contributed by atoms with Crippen LogP contribution in [0, 0.1) is 5.82 Å². The Kier molecular flexibility index (Phi) is 3.55. The molecule has 1 aliphatic heterocycles. The first-order valence-corrected chi connectivity index (χ1v) is 7.51. The van der Waals surface area contributed by atoms with Crippen molar-refractivity contribution in [2.45, 2.75) is 12.6 Å². The van der Waals surface area contributed by atoms with Crippen LogP contribution in [0.3, 0.4) is 0 Å². The minimum Gasteiger partial charge on any atom is -0.368 e. The molecule has 120 valence electrons. The van der Waals surface area contributed by atoms with Gasteiger partial charge in [-0.05, 0) is 12.1 Å². The summed E-state index contributed by atoms with van der Waals surface area (Å²) in [6.07, 6.45) is 1.55. The molecule has 8 heteroatoms. The first kappa shape index (κ1) is 14.3. The monoisotopic (exact) mass is 316 g/mol. The maximum absolute atomic E-state index is 13.7. The van der Waals surface area contributed by atoms with Crippen LogP contribution in [0.15, 0.2) is 24.5 Å². The Morgan fingerprint density at radius 3 is 3.13 bits per heavy atom. The second-order valence-corrected chi connectivity index (χ2v) is 5.71. The molecule has 3 heterocycles. The van der Waals surface area contributed by atoms with Crippen molar-refractivity contribution in [3.05, 3.63) is 42.0 Å². The third-order valence-electron chi connectivity index (χ3n) is 4.07. The van der Waals surface area contributed by atoms with Crippen molar-refractivity contribution in [3.8, 4) is 0 Å². The first-order valence-electron chi connectivity index (χ1n) is 7.51. The predicted octanol–water partition coefficient (Wildman–Crippen LogP) is 1.40. The summed E-state index contributed by atoms with van der Waals surface area (Å²) in [5, 5.41) is 8.01. The Morgan fingerprint density at radius 1 is 1.43 bits per heavy atom. The van der Waals surface area contributed by atoms with Gasteiger partial charge in [0.05, 0.1) is 18.7 Å². The molecule has 1 saturated heterocycles. The molecular formula is C15H17FN6O. The highest BCUT2D eigenvalue weighted by Crippen LogP contribution is 2.22. The van der Waals surface area contributed by atoms with Crippen molar-refractivity contribution < 1.29 is 9.13 Å². The topological polar surface area (TPSA) is 71.9 Å². The van der Waals surface area contributed by atoms with E-state index in [2.05, 4.69) is 25.1 Å². The van der Waals surface area contributed by atoms with Crippen LogP contribution >= 0.6 is 0 Å². The van der Waals surface area contributed by atoms with Gasteiger partial charge in [0.2, 0.25) is 0 Å². The standard InChI is InChI=1S/C15H17FN6O/c1-21-9-17-20-15(21)12-7-22(5-6-23-12)8-13-18-11-4-2-3-10(16)14(11)19-13/h2-4,9,12H,5-8H2,1H3,(H,18,19)/t12-/m1/s1. The van der Waals surface area contributed by atoms with Crippen molar-refractivity contribution in [2.75, 3.05) is 19.7 Å². The Hall–Kier alpha value is -2.32. The maximum atomic E-state index is 13.7. The molecule has 0 spiro atoms. The molecule has 1 fully saturated rings. The zero-order chi connectivity index (χ0) is 15.8. The van der Waals surface area contributed by atoms with Gasteiger partial charge >= 0.3 is 0 Å². The number of aromatic amines is 1. The Balaban J connectivity index is 1.51. The van der Waals surface area contributed by atoms with E-state index < -0.39 is 0 Å². The third kappa shape index (κ3) is 2.71. The highest BCUT2D eigenvalue weighted by atomic mass is 19.1. The average Bonchev–Trinajstić information content (AvgIpc) is 3.14. The first-order chi connectivity index (χ1) is 11.2. The summed E-state index contributed by atoms with van der Waals surface area (Å²) >= 11 is 0. The summed E-state index contributed by atoms with van der Waals surface area (Å²) in [6.45, 7) is 2.73. The number of nitrogens with zero attached hydrogens (tertiary/aromatic N) is 5. The molecular weight excluding hydrogens is 299 g/mol. The number of fused-ring (bicyclic) bond motifs is 1. The number of hydrogen-bond donors (Lipinski definition) is 1. The summed E-state index contributed by atoms with van der Waals surface area (Å²) in [7, 11) is 1.90. The number of para-hydroxylation sites is 1. The third-order valence-corrected chi connectivity index (χ3v) is 4.07. The van der Waals surface area contributed by atoms with Crippen LogP contribution in [0.1, 0.15) is 17.8 Å². The molecule has 4 rings (SSSR count). The van der Waals surface area contributed by atoms with Crippen LogP contribution in [0.4, 0.5) is 4.39 Å². The van der Waals surface area contributed by atoms with Crippen LogP contribution < -0.4 is 0 Å². The average molecular weight is 316 g/mol. The van der Waals surface area contributed by atoms with E-state index in [1.807, 2.05) is 17.7 Å². The van der Waals surface area contributed by atoms with Crippen LogP contribution in [-0.2, 0) is 18.3 Å². The number of aryl methyl sites for hydroxylation is 1.